The van der Waals surface area contributed by atoms with Crippen LogP contribution in [-0.2, 0) is 16.1 Å². The number of aromatic nitrogens is 1. The fourth-order valence-electron chi connectivity index (χ4n) is 5.85. The van der Waals surface area contributed by atoms with Crippen LogP contribution in [-0.4, -0.2) is 48.1 Å². The number of oxime groups is 1. The van der Waals surface area contributed by atoms with E-state index in [1.807, 2.05) is 61.5 Å². The van der Waals surface area contributed by atoms with Crippen LogP contribution in [0.2, 0.25) is 0 Å². The minimum Gasteiger partial charge on any atom is -0.378 e. The molecule has 1 saturated heterocycles. The normalized spacial score (nSPS) is 13.8. The van der Waals surface area contributed by atoms with Crippen molar-refractivity contribution >= 4 is 44.8 Å². The molecular formula is C37H35N3O4. The Morgan fingerprint density at radius 2 is 1.43 bits per heavy atom. The molecule has 0 atom stereocenters. The molecule has 7 nitrogen and oxygen atoms in total. The van der Waals surface area contributed by atoms with Gasteiger partial charge in [-0.25, -0.2) is 0 Å². The highest BCUT2D eigenvalue weighted by Gasteiger charge is 2.23. The lowest BCUT2D eigenvalue weighted by atomic mass is 9.92. The van der Waals surface area contributed by atoms with E-state index in [0.717, 1.165) is 58.4 Å². The third-order valence-electron chi connectivity index (χ3n) is 8.10. The first-order valence-electron chi connectivity index (χ1n) is 14.9. The molecule has 0 amide bonds. The van der Waals surface area contributed by atoms with Crippen LogP contribution in [0.25, 0.3) is 21.8 Å². The largest absolute Gasteiger partial charge is 0.378 e. The Morgan fingerprint density at radius 3 is 2.09 bits per heavy atom. The topological polar surface area (TPSA) is 73.1 Å². The number of carbonyl (C=O) groups excluding carboxylic acids is 2. The molecule has 0 N–H and O–H groups in total. The van der Waals surface area contributed by atoms with Crippen molar-refractivity contribution in [3.05, 3.63) is 125 Å². The Hall–Kier alpha value is -5.01. The second-order valence-corrected chi connectivity index (χ2v) is 11.0. The summed E-state index contributed by atoms with van der Waals surface area (Å²) in [6.07, 6.45) is 0. The Morgan fingerprint density at radius 1 is 0.795 bits per heavy atom. The molecule has 44 heavy (non-hydrogen) atoms. The summed E-state index contributed by atoms with van der Waals surface area (Å²) in [6, 6.07) is 26.7. The Kier molecular flexibility index (Phi) is 8.13. The fraction of sp³-hybridized carbons (Fsp3) is 0.216. The van der Waals surface area contributed by atoms with Gasteiger partial charge in [0.1, 0.15) is 5.76 Å². The summed E-state index contributed by atoms with van der Waals surface area (Å²) in [4.78, 5) is 35.6. The first kappa shape index (κ1) is 29.1. The first-order chi connectivity index (χ1) is 21.4. The highest BCUT2D eigenvalue weighted by atomic mass is 16.6. The summed E-state index contributed by atoms with van der Waals surface area (Å²) < 4.78 is 7.76. The van der Waals surface area contributed by atoms with Crippen molar-refractivity contribution in [1.29, 1.82) is 0 Å². The van der Waals surface area contributed by atoms with Gasteiger partial charge in [-0.3, -0.25) is 9.59 Å². The SMILES string of the molecule is C=C(C)O/N=C(\C)c1ccc2c(c1)c1cc(C(=O)c3ccc(N4CCOCC4)cc3C(=O)c3ccccc3)ccc1n2CC. The van der Waals surface area contributed by atoms with Gasteiger partial charge in [0.25, 0.3) is 0 Å². The highest BCUT2D eigenvalue weighted by molar-refractivity contribution is 6.21. The fourth-order valence-corrected chi connectivity index (χ4v) is 5.85. The standard InChI is InChI=1S/C37H35N3O4/c1-5-40-34-15-11-27(25(4)38-44-24(2)3)21-31(34)32-22-28(12-16-35(32)40)37(42)30-14-13-29(39-17-19-43-20-18-39)23-33(30)36(41)26-9-7-6-8-10-26/h6-16,21-23H,2,5,17-20H2,1,3-4H3/b38-25+. The van der Waals surface area contributed by atoms with E-state index in [1.165, 1.54) is 0 Å². The number of hydrogen-bond donors (Lipinski definition) is 0. The lowest BCUT2D eigenvalue weighted by Gasteiger charge is -2.29. The molecule has 1 fully saturated rings. The van der Waals surface area contributed by atoms with Crippen molar-refractivity contribution in [2.24, 2.45) is 5.16 Å². The number of hydrogen-bond acceptors (Lipinski definition) is 6. The molecule has 6 rings (SSSR count). The zero-order chi connectivity index (χ0) is 30.8. The van der Waals surface area contributed by atoms with E-state index in [-0.39, 0.29) is 11.6 Å². The summed E-state index contributed by atoms with van der Waals surface area (Å²) in [5.74, 6) is 0.143. The van der Waals surface area contributed by atoms with Crippen molar-refractivity contribution in [2.75, 3.05) is 31.2 Å². The lowest BCUT2D eigenvalue weighted by Crippen LogP contribution is -2.36. The third-order valence-corrected chi connectivity index (χ3v) is 8.10. The Labute approximate surface area is 257 Å². The molecule has 5 aromatic rings. The summed E-state index contributed by atoms with van der Waals surface area (Å²) >= 11 is 0. The van der Waals surface area contributed by atoms with E-state index in [2.05, 4.69) is 40.3 Å². The van der Waals surface area contributed by atoms with Gasteiger partial charge in [-0.2, -0.15) is 0 Å². The molecule has 2 heterocycles. The minimum absolute atomic E-state index is 0.177. The van der Waals surface area contributed by atoms with E-state index < -0.39 is 0 Å². The second kappa shape index (κ2) is 12.3. The molecule has 0 saturated carbocycles. The van der Waals surface area contributed by atoms with Gasteiger partial charge >= 0.3 is 0 Å². The minimum atomic E-state index is -0.194. The maximum Gasteiger partial charge on any atom is 0.193 e. The van der Waals surface area contributed by atoms with Gasteiger partial charge in [-0.1, -0.05) is 48.1 Å². The maximum atomic E-state index is 14.2. The summed E-state index contributed by atoms with van der Waals surface area (Å²) in [5, 5.41) is 6.18. The number of ketones is 2. The number of fused-ring (bicyclic) bond motifs is 3. The number of nitrogens with zero attached hydrogens (tertiary/aromatic N) is 3. The van der Waals surface area contributed by atoms with Crippen molar-refractivity contribution in [3.63, 3.8) is 0 Å². The molecule has 0 spiro atoms. The first-order valence-corrected chi connectivity index (χ1v) is 14.9. The predicted octanol–water partition coefficient (Wildman–Crippen LogP) is 7.39. The third kappa shape index (κ3) is 5.54. The smallest absolute Gasteiger partial charge is 0.193 e. The molecule has 0 aliphatic carbocycles. The van der Waals surface area contributed by atoms with Crippen LogP contribution < -0.4 is 4.90 Å². The van der Waals surface area contributed by atoms with Crippen LogP contribution in [0, 0.1) is 0 Å². The number of morpholine rings is 1. The quantitative estimate of drug-likeness (QED) is 0.0781. The predicted molar refractivity (Wildman–Crippen MR) is 176 cm³/mol. The molecule has 0 radical (unpaired) electrons. The molecule has 0 unspecified atom stereocenters. The number of benzene rings is 4. The molecule has 7 heteroatoms. The molecule has 222 valence electrons. The number of aryl methyl sites for hydroxylation is 1. The average molecular weight is 586 g/mol. The van der Waals surface area contributed by atoms with Crippen LogP contribution in [0.4, 0.5) is 5.69 Å². The molecule has 1 aliphatic heterocycles. The van der Waals surface area contributed by atoms with Crippen molar-refractivity contribution < 1.29 is 19.2 Å². The zero-order valence-electron chi connectivity index (χ0n) is 25.3. The van der Waals surface area contributed by atoms with Crippen LogP contribution in [0.5, 0.6) is 0 Å². The summed E-state index contributed by atoms with van der Waals surface area (Å²) in [5.41, 5.74) is 6.50. The van der Waals surface area contributed by atoms with E-state index in [1.54, 1.807) is 25.1 Å². The van der Waals surface area contributed by atoms with E-state index in [4.69, 9.17) is 9.57 Å². The molecule has 1 aromatic heterocycles. The number of allylic oxidation sites excluding steroid dienone is 1. The number of ether oxygens (including phenoxy) is 1. The number of carbonyl (C=O) groups is 2. The van der Waals surface area contributed by atoms with Crippen molar-refractivity contribution in [1.82, 2.24) is 4.57 Å². The van der Waals surface area contributed by atoms with E-state index in [0.29, 0.717) is 41.2 Å². The van der Waals surface area contributed by atoms with E-state index >= 15 is 0 Å². The molecule has 4 aromatic carbocycles. The number of anilines is 1. The highest BCUT2D eigenvalue weighted by Crippen LogP contribution is 2.32. The van der Waals surface area contributed by atoms with E-state index in [9.17, 15) is 9.59 Å². The zero-order valence-corrected chi connectivity index (χ0v) is 25.3. The van der Waals surface area contributed by atoms with Crippen molar-refractivity contribution in [3.8, 4) is 0 Å². The van der Waals surface area contributed by atoms with Gasteiger partial charge < -0.3 is 19.0 Å². The average Bonchev–Trinajstić information content (AvgIpc) is 3.39. The second-order valence-electron chi connectivity index (χ2n) is 11.0. The van der Waals surface area contributed by atoms with Gasteiger partial charge in [0, 0.05) is 69.4 Å². The van der Waals surface area contributed by atoms with Crippen LogP contribution >= 0.6 is 0 Å². The van der Waals surface area contributed by atoms with Gasteiger partial charge in [-0.15, -0.1) is 0 Å². The van der Waals surface area contributed by atoms with Crippen LogP contribution in [0.15, 0.2) is 102 Å². The van der Waals surface area contributed by atoms with Gasteiger partial charge in [-0.05, 0) is 74.9 Å². The maximum absolute atomic E-state index is 14.2. The van der Waals surface area contributed by atoms with Crippen molar-refractivity contribution in [2.45, 2.75) is 27.3 Å². The lowest BCUT2D eigenvalue weighted by molar-refractivity contribution is 0.100. The van der Waals surface area contributed by atoms with Gasteiger partial charge in [0.05, 0.1) is 18.9 Å². The molecular weight excluding hydrogens is 550 g/mol. The number of rotatable bonds is 9. The monoisotopic (exact) mass is 585 g/mol. The van der Waals surface area contributed by atoms with Crippen LogP contribution in [0.3, 0.4) is 0 Å². The van der Waals surface area contributed by atoms with Gasteiger partial charge in [0.15, 0.2) is 11.6 Å². The Balaban J connectivity index is 1.46. The molecule has 0 bridgehead atoms. The summed E-state index contributed by atoms with van der Waals surface area (Å²) in [6.45, 7) is 13.0. The van der Waals surface area contributed by atoms with Gasteiger partial charge in [0.2, 0.25) is 0 Å². The summed E-state index contributed by atoms with van der Waals surface area (Å²) in [7, 11) is 0. The molecule has 1 aliphatic rings. The van der Waals surface area contributed by atoms with Crippen LogP contribution in [0.1, 0.15) is 58.2 Å². The Bertz CT molecular complexity index is 1930.